The Morgan fingerprint density at radius 3 is 2.85 bits per heavy atom. The normalized spacial score (nSPS) is 18.3. The van der Waals surface area contributed by atoms with Crippen LogP contribution in [-0.2, 0) is 25.3 Å². The SMILES string of the molecule is CN=C(NCCc1nc(C(C)(C)C)cs1)N1CCC(Cc2cnn(C)c2)C1. The highest BCUT2D eigenvalue weighted by Crippen LogP contribution is 2.24. The topological polar surface area (TPSA) is 58.3 Å². The zero-order chi connectivity index (χ0) is 19.4. The molecule has 1 aliphatic heterocycles. The molecular weight excluding hydrogens is 356 g/mol. The van der Waals surface area contributed by atoms with Crippen molar-refractivity contribution in [2.45, 2.75) is 45.4 Å². The van der Waals surface area contributed by atoms with Gasteiger partial charge in [-0.05, 0) is 24.3 Å². The van der Waals surface area contributed by atoms with Crippen LogP contribution in [0.3, 0.4) is 0 Å². The first-order valence-electron chi connectivity index (χ1n) is 9.73. The molecule has 1 aliphatic rings. The molecule has 0 bridgehead atoms. The van der Waals surface area contributed by atoms with Crippen LogP contribution >= 0.6 is 11.3 Å². The van der Waals surface area contributed by atoms with E-state index in [1.165, 1.54) is 22.7 Å². The fourth-order valence-electron chi connectivity index (χ4n) is 3.49. The Morgan fingerprint density at radius 2 is 2.22 bits per heavy atom. The maximum atomic E-state index is 4.78. The van der Waals surface area contributed by atoms with E-state index in [0.29, 0.717) is 5.92 Å². The maximum Gasteiger partial charge on any atom is 0.193 e. The summed E-state index contributed by atoms with van der Waals surface area (Å²) in [5.74, 6) is 1.68. The van der Waals surface area contributed by atoms with E-state index in [1.807, 2.05) is 25.0 Å². The van der Waals surface area contributed by atoms with Gasteiger partial charge in [0.1, 0.15) is 0 Å². The average molecular weight is 389 g/mol. The van der Waals surface area contributed by atoms with E-state index in [2.05, 4.69) is 52.7 Å². The summed E-state index contributed by atoms with van der Waals surface area (Å²) in [4.78, 5) is 11.6. The lowest BCUT2D eigenvalue weighted by Crippen LogP contribution is -2.41. The zero-order valence-electron chi connectivity index (χ0n) is 17.2. The molecule has 3 heterocycles. The Morgan fingerprint density at radius 1 is 1.41 bits per heavy atom. The first kappa shape index (κ1) is 19.9. The Hall–Kier alpha value is -1.89. The fourth-order valence-corrected chi connectivity index (χ4v) is 4.51. The quantitative estimate of drug-likeness (QED) is 0.632. The van der Waals surface area contributed by atoms with Crippen molar-refractivity contribution in [3.63, 3.8) is 0 Å². The summed E-state index contributed by atoms with van der Waals surface area (Å²) in [7, 11) is 3.85. The van der Waals surface area contributed by atoms with Crippen molar-refractivity contribution in [2.24, 2.45) is 18.0 Å². The van der Waals surface area contributed by atoms with Gasteiger partial charge in [-0.2, -0.15) is 5.10 Å². The van der Waals surface area contributed by atoms with Crippen LogP contribution in [-0.4, -0.2) is 52.3 Å². The van der Waals surface area contributed by atoms with Crippen LogP contribution in [0.15, 0.2) is 22.8 Å². The Kier molecular flexibility index (Phi) is 6.19. The lowest BCUT2D eigenvalue weighted by molar-refractivity contribution is 0.460. The minimum Gasteiger partial charge on any atom is -0.356 e. The van der Waals surface area contributed by atoms with Gasteiger partial charge in [0.2, 0.25) is 0 Å². The van der Waals surface area contributed by atoms with Gasteiger partial charge in [0.25, 0.3) is 0 Å². The fraction of sp³-hybridized carbons (Fsp3) is 0.650. The zero-order valence-corrected chi connectivity index (χ0v) is 18.0. The number of nitrogens with zero attached hydrogens (tertiary/aromatic N) is 5. The number of hydrogen-bond donors (Lipinski definition) is 1. The third-order valence-electron chi connectivity index (χ3n) is 5.02. The summed E-state index contributed by atoms with van der Waals surface area (Å²) in [5, 5.41) is 11.2. The summed E-state index contributed by atoms with van der Waals surface area (Å²) in [6.07, 6.45) is 7.34. The van der Waals surface area contributed by atoms with Crippen LogP contribution in [0.5, 0.6) is 0 Å². The lowest BCUT2D eigenvalue weighted by Gasteiger charge is -2.21. The Balaban J connectivity index is 1.46. The summed E-state index contributed by atoms with van der Waals surface area (Å²) in [6.45, 7) is 9.62. The van der Waals surface area contributed by atoms with Gasteiger partial charge in [-0.25, -0.2) is 4.98 Å². The Bertz CT molecular complexity index is 770. The molecule has 3 rings (SSSR count). The molecule has 27 heavy (non-hydrogen) atoms. The summed E-state index contributed by atoms with van der Waals surface area (Å²) >= 11 is 1.76. The molecule has 6 nitrogen and oxygen atoms in total. The number of aromatic nitrogens is 3. The van der Waals surface area contributed by atoms with E-state index in [-0.39, 0.29) is 5.41 Å². The summed E-state index contributed by atoms with van der Waals surface area (Å²) in [6, 6.07) is 0. The van der Waals surface area contributed by atoms with Crippen LogP contribution in [0.2, 0.25) is 0 Å². The number of hydrogen-bond acceptors (Lipinski definition) is 4. The van der Waals surface area contributed by atoms with Crippen LogP contribution in [0.25, 0.3) is 0 Å². The van der Waals surface area contributed by atoms with Gasteiger partial charge < -0.3 is 10.2 Å². The highest BCUT2D eigenvalue weighted by molar-refractivity contribution is 7.09. The second kappa shape index (κ2) is 8.42. The van der Waals surface area contributed by atoms with Gasteiger partial charge in [0, 0.05) is 57.1 Å². The smallest absolute Gasteiger partial charge is 0.193 e. The van der Waals surface area contributed by atoms with Crippen molar-refractivity contribution in [1.82, 2.24) is 25.0 Å². The van der Waals surface area contributed by atoms with Crippen LogP contribution in [0.4, 0.5) is 0 Å². The first-order chi connectivity index (χ1) is 12.8. The number of aryl methyl sites for hydroxylation is 1. The van der Waals surface area contributed by atoms with Crippen LogP contribution < -0.4 is 5.32 Å². The van der Waals surface area contributed by atoms with Gasteiger partial charge >= 0.3 is 0 Å². The van der Waals surface area contributed by atoms with Crippen molar-refractivity contribution in [1.29, 1.82) is 0 Å². The Labute approximate surface area is 166 Å². The van der Waals surface area contributed by atoms with E-state index >= 15 is 0 Å². The molecule has 1 unspecified atom stereocenters. The predicted molar refractivity (Wildman–Crippen MR) is 112 cm³/mol. The highest BCUT2D eigenvalue weighted by atomic mass is 32.1. The van der Waals surface area contributed by atoms with Gasteiger partial charge in [-0.3, -0.25) is 9.67 Å². The molecule has 0 radical (unpaired) electrons. The molecule has 0 aliphatic carbocycles. The van der Waals surface area contributed by atoms with E-state index in [9.17, 15) is 0 Å². The molecule has 0 aromatic carbocycles. The first-order valence-corrected chi connectivity index (χ1v) is 10.6. The van der Waals surface area contributed by atoms with Crippen molar-refractivity contribution < 1.29 is 0 Å². The van der Waals surface area contributed by atoms with Crippen molar-refractivity contribution in [3.05, 3.63) is 34.0 Å². The third-order valence-corrected chi connectivity index (χ3v) is 5.93. The van der Waals surface area contributed by atoms with E-state index in [4.69, 9.17) is 4.98 Å². The monoisotopic (exact) mass is 388 g/mol. The number of thiazole rings is 1. The van der Waals surface area contributed by atoms with Gasteiger partial charge in [-0.1, -0.05) is 20.8 Å². The number of nitrogens with one attached hydrogen (secondary N) is 1. The second-order valence-corrected chi connectivity index (χ2v) is 9.37. The molecule has 148 valence electrons. The molecule has 1 saturated heterocycles. The minimum atomic E-state index is 0.122. The van der Waals surface area contributed by atoms with Crippen LogP contribution in [0.1, 0.15) is 43.5 Å². The molecular formula is C20H32N6S. The number of aliphatic imine (C=N–C) groups is 1. The average Bonchev–Trinajstić information content (AvgIpc) is 3.33. The number of rotatable bonds is 5. The molecule has 1 atom stereocenters. The molecule has 2 aromatic heterocycles. The van der Waals surface area contributed by atoms with E-state index < -0.39 is 0 Å². The second-order valence-electron chi connectivity index (χ2n) is 8.43. The maximum absolute atomic E-state index is 4.78. The minimum absolute atomic E-state index is 0.122. The van der Waals surface area contributed by atoms with Crippen molar-refractivity contribution in [3.8, 4) is 0 Å². The van der Waals surface area contributed by atoms with E-state index in [0.717, 1.165) is 38.4 Å². The lowest BCUT2D eigenvalue weighted by atomic mass is 9.93. The van der Waals surface area contributed by atoms with Crippen molar-refractivity contribution >= 4 is 17.3 Å². The molecule has 7 heteroatoms. The molecule has 1 fully saturated rings. The third kappa shape index (κ3) is 5.31. The molecule has 1 N–H and O–H groups in total. The molecule has 2 aromatic rings. The molecule has 0 saturated carbocycles. The van der Waals surface area contributed by atoms with E-state index in [1.54, 1.807) is 11.3 Å². The van der Waals surface area contributed by atoms with Gasteiger partial charge in [0.05, 0.1) is 16.9 Å². The van der Waals surface area contributed by atoms with Gasteiger partial charge in [-0.15, -0.1) is 11.3 Å². The largest absolute Gasteiger partial charge is 0.356 e. The molecule has 0 amide bonds. The summed E-state index contributed by atoms with van der Waals surface area (Å²) in [5.41, 5.74) is 2.63. The summed E-state index contributed by atoms with van der Waals surface area (Å²) < 4.78 is 1.88. The molecule has 0 spiro atoms. The standard InChI is InChI=1S/C20H32N6S/c1-20(2,3)17-14-27-18(24-17)6-8-22-19(21-4)26-9-7-15(13-26)10-16-11-23-25(5)12-16/h11-12,14-15H,6-10,13H2,1-5H3,(H,21,22). The number of guanidine groups is 1. The van der Waals surface area contributed by atoms with Crippen molar-refractivity contribution in [2.75, 3.05) is 26.7 Å². The predicted octanol–water partition coefficient (Wildman–Crippen LogP) is 2.86. The highest BCUT2D eigenvalue weighted by Gasteiger charge is 2.25. The van der Waals surface area contributed by atoms with Crippen LogP contribution in [0, 0.1) is 5.92 Å². The van der Waals surface area contributed by atoms with Gasteiger partial charge in [0.15, 0.2) is 5.96 Å². The number of likely N-dealkylation sites (tertiary alicyclic amines) is 1.